The van der Waals surface area contributed by atoms with Crippen LogP contribution in [0, 0.1) is 28.1 Å². The molecular weight excluding hydrogens is 472 g/mol. The van der Waals surface area contributed by atoms with E-state index in [0.29, 0.717) is 60.2 Å². The van der Waals surface area contributed by atoms with E-state index in [1.807, 2.05) is 37.3 Å². The van der Waals surface area contributed by atoms with Gasteiger partial charge in [-0.3, -0.25) is 4.79 Å². The highest BCUT2D eigenvalue weighted by atomic mass is 32.2. The van der Waals surface area contributed by atoms with Crippen LogP contribution >= 0.6 is 11.8 Å². The number of morpholine rings is 1. The second-order valence-corrected chi connectivity index (χ2v) is 11.1. The Morgan fingerprint density at radius 1 is 1.28 bits per heavy atom. The molecule has 3 rings (SSSR count). The molecule has 1 aromatic heterocycles. The molecule has 3 N–H and O–H groups in total. The molecule has 2 heterocycles. The third-order valence-corrected chi connectivity index (χ3v) is 7.14. The van der Waals surface area contributed by atoms with Crippen molar-refractivity contribution in [2.75, 3.05) is 37.7 Å². The van der Waals surface area contributed by atoms with Gasteiger partial charge in [0, 0.05) is 26.2 Å². The summed E-state index contributed by atoms with van der Waals surface area (Å²) in [6.07, 6.45) is 0.427. The molecule has 0 bridgehead atoms. The van der Waals surface area contributed by atoms with E-state index in [0.717, 1.165) is 23.9 Å². The molecule has 0 radical (unpaired) electrons. The van der Waals surface area contributed by atoms with E-state index >= 15 is 0 Å². The van der Waals surface area contributed by atoms with Gasteiger partial charge in [-0.2, -0.15) is 10.5 Å². The lowest BCUT2D eigenvalue weighted by molar-refractivity contribution is -0.117. The molecule has 1 aromatic carbocycles. The predicted molar refractivity (Wildman–Crippen MR) is 142 cm³/mol. The van der Waals surface area contributed by atoms with Gasteiger partial charge in [0.2, 0.25) is 5.91 Å². The summed E-state index contributed by atoms with van der Waals surface area (Å²) in [5.41, 5.74) is 8.01. The van der Waals surface area contributed by atoms with Gasteiger partial charge < -0.3 is 20.7 Å². The number of hydrogen-bond acceptors (Lipinski definition) is 8. The Hall–Kier alpha value is -3.11. The van der Waals surface area contributed by atoms with Crippen molar-refractivity contribution in [1.29, 1.82) is 10.5 Å². The number of rotatable bonds is 9. The number of primary amides is 1. The molecule has 1 aliphatic heterocycles. The third-order valence-electron chi connectivity index (χ3n) is 5.88. The van der Waals surface area contributed by atoms with Crippen molar-refractivity contribution in [3.05, 3.63) is 52.6 Å². The predicted octanol–water partition coefficient (Wildman–Crippen LogP) is 3.55. The Kier molecular flexibility index (Phi) is 9.33. The Morgan fingerprint density at radius 3 is 2.56 bits per heavy atom. The number of pyridine rings is 1. The lowest BCUT2D eigenvalue weighted by Crippen LogP contribution is -2.48. The Morgan fingerprint density at radius 2 is 1.97 bits per heavy atom. The average molecular weight is 507 g/mol. The van der Waals surface area contributed by atoms with Crippen LogP contribution in [0.4, 0.5) is 5.82 Å². The minimum atomic E-state index is -0.713. The minimum absolute atomic E-state index is 0.0612. The number of carbonyl (C=O) groups is 1. The standard InChI is InChI=1S/C27H34N6O2S/c1-5-20-21(13-28)25(33-11-12-35-19(16-33)15-31-17-27(2,3)4)32-26(22(20)14-29)36-23(24(30)34)18-9-7-6-8-10-18/h6-10,19,23,31H,5,11-12,15-17H2,1-4H3,(H2,30,34)/t19-,23?/m1/s1. The number of thioether (sulfide) groups is 1. The minimum Gasteiger partial charge on any atom is -0.373 e. The molecule has 0 spiro atoms. The fourth-order valence-electron chi connectivity index (χ4n) is 4.17. The maximum atomic E-state index is 12.4. The van der Waals surface area contributed by atoms with E-state index in [1.54, 1.807) is 0 Å². The number of hydrogen-bond donors (Lipinski definition) is 2. The van der Waals surface area contributed by atoms with E-state index < -0.39 is 11.2 Å². The Bertz CT molecular complexity index is 1150. The van der Waals surface area contributed by atoms with Crippen LogP contribution in [0.25, 0.3) is 0 Å². The molecule has 190 valence electrons. The van der Waals surface area contributed by atoms with Gasteiger partial charge in [0.15, 0.2) is 0 Å². The number of nitrogens with zero attached hydrogens (tertiary/aromatic N) is 4. The average Bonchev–Trinajstić information content (AvgIpc) is 2.85. The molecule has 1 unspecified atom stereocenters. The summed E-state index contributed by atoms with van der Waals surface area (Å²) in [5.74, 6) is 0.00783. The van der Waals surface area contributed by atoms with E-state index in [-0.39, 0.29) is 11.5 Å². The number of nitrogens with two attached hydrogens (primary N) is 1. The van der Waals surface area contributed by atoms with Crippen LogP contribution in [0.2, 0.25) is 0 Å². The second-order valence-electron chi connectivity index (χ2n) is 9.99. The number of aromatic nitrogens is 1. The van der Waals surface area contributed by atoms with E-state index in [4.69, 9.17) is 15.5 Å². The van der Waals surface area contributed by atoms with Gasteiger partial charge in [0.05, 0.1) is 23.8 Å². The van der Waals surface area contributed by atoms with Crippen molar-refractivity contribution in [3.8, 4) is 12.1 Å². The Balaban J connectivity index is 1.97. The van der Waals surface area contributed by atoms with Crippen LogP contribution < -0.4 is 16.0 Å². The molecule has 8 nitrogen and oxygen atoms in total. The topological polar surface area (TPSA) is 128 Å². The Labute approximate surface area is 217 Å². The molecule has 1 saturated heterocycles. The number of ether oxygens (including phenoxy) is 1. The quantitative estimate of drug-likeness (QED) is 0.494. The number of amides is 1. The zero-order valence-corrected chi connectivity index (χ0v) is 22.2. The van der Waals surface area contributed by atoms with Crippen molar-refractivity contribution in [2.24, 2.45) is 11.1 Å². The van der Waals surface area contributed by atoms with Gasteiger partial charge >= 0.3 is 0 Å². The lowest BCUT2D eigenvalue weighted by Gasteiger charge is -2.35. The zero-order chi connectivity index (χ0) is 26.3. The van der Waals surface area contributed by atoms with Crippen LogP contribution in [0.3, 0.4) is 0 Å². The second kappa shape index (κ2) is 12.2. The molecule has 0 saturated carbocycles. The molecule has 1 amide bonds. The van der Waals surface area contributed by atoms with Gasteiger partial charge in [0.25, 0.3) is 0 Å². The van der Waals surface area contributed by atoms with Gasteiger partial charge in [-0.1, -0.05) is 69.8 Å². The van der Waals surface area contributed by atoms with Crippen LogP contribution in [-0.2, 0) is 16.0 Å². The van der Waals surface area contributed by atoms with Crippen LogP contribution in [0.5, 0.6) is 0 Å². The highest BCUT2D eigenvalue weighted by Crippen LogP contribution is 2.39. The zero-order valence-electron chi connectivity index (χ0n) is 21.4. The lowest BCUT2D eigenvalue weighted by atomic mass is 9.97. The summed E-state index contributed by atoms with van der Waals surface area (Å²) in [5, 5.41) is 23.2. The summed E-state index contributed by atoms with van der Waals surface area (Å²) in [7, 11) is 0. The third kappa shape index (κ3) is 6.76. The maximum Gasteiger partial charge on any atom is 0.235 e. The highest BCUT2D eigenvalue weighted by molar-refractivity contribution is 8.00. The number of benzene rings is 1. The fraction of sp³-hybridized carbons (Fsp3) is 0.481. The van der Waals surface area contributed by atoms with Crippen LogP contribution in [-0.4, -0.2) is 49.8 Å². The van der Waals surface area contributed by atoms with Gasteiger partial charge in [-0.05, 0) is 23.0 Å². The van der Waals surface area contributed by atoms with Crippen molar-refractivity contribution >= 4 is 23.5 Å². The van der Waals surface area contributed by atoms with Gasteiger partial charge in [-0.15, -0.1) is 0 Å². The molecule has 9 heteroatoms. The number of nitriles is 2. The van der Waals surface area contributed by atoms with Crippen LogP contribution in [0.1, 0.15) is 55.2 Å². The summed E-state index contributed by atoms with van der Waals surface area (Å²) in [4.78, 5) is 19.2. The summed E-state index contributed by atoms with van der Waals surface area (Å²) >= 11 is 1.16. The summed E-state index contributed by atoms with van der Waals surface area (Å²) < 4.78 is 5.97. The maximum absolute atomic E-state index is 12.4. The normalized spacial score (nSPS) is 16.7. The molecule has 2 atom stereocenters. The van der Waals surface area contributed by atoms with Crippen molar-refractivity contribution in [2.45, 2.75) is 50.5 Å². The smallest absolute Gasteiger partial charge is 0.235 e. The van der Waals surface area contributed by atoms with Crippen molar-refractivity contribution < 1.29 is 9.53 Å². The van der Waals surface area contributed by atoms with Crippen molar-refractivity contribution in [3.63, 3.8) is 0 Å². The first kappa shape index (κ1) is 27.5. The highest BCUT2D eigenvalue weighted by Gasteiger charge is 2.29. The SMILES string of the molecule is CCc1c(C#N)c(SC(C(N)=O)c2ccccc2)nc(N2CCO[C@H](CNCC(C)(C)C)C2)c1C#N. The summed E-state index contributed by atoms with van der Waals surface area (Å²) in [6.45, 7) is 11.6. The summed E-state index contributed by atoms with van der Waals surface area (Å²) in [6, 6.07) is 13.7. The largest absolute Gasteiger partial charge is 0.373 e. The molecule has 1 aliphatic rings. The number of nitrogens with one attached hydrogen (secondary N) is 1. The number of carbonyl (C=O) groups excluding carboxylic acids is 1. The molecule has 36 heavy (non-hydrogen) atoms. The van der Waals surface area contributed by atoms with E-state index in [9.17, 15) is 15.3 Å². The first-order valence-electron chi connectivity index (χ1n) is 12.1. The fourth-order valence-corrected chi connectivity index (χ4v) is 5.23. The molecule has 1 fully saturated rings. The van der Waals surface area contributed by atoms with Crippen molar-refractivity contribution in [1.82, 2.24) is 10.3 Å². The first-order chi connectivity index (χ1) is 17.2. The van der Waals surface area contributed by atoms with Gasteiger partial charge in [0.1, 0.15) is 28.2 Å². The first-order valence-corrected chi connectivity index (χ1v) is 13.0. The van der Waals surface area contributed by atoms with E-state index in [2.05, 4.69) is 43.1 Å². The number of anilines is 1. The molecule has 2 aromatic rings. The monoisotopic (exact) mass is 506 g/mol. The van der Waals surface area contributed by atoms with Crippen LogP contribution in [0.15, 0.2) is 35.4 Å². The van der Waals surface area contributed by atoms with E-state index in [1.165, 1.54) is 0 Å². The molecule has 0 aliphatic carbocycles. The van der Waals surface area contributed by atoms with Gasteiger partial charge in [-0.25, -0.2) is 4.98 Å². The molecular formula is C27H34N6O2S.